The number of hydrogen-bond acceptors (Lipinski definition) is 8. The first-order chi connectivity index (χ1) is 16.7. The van der Waals surface area contributed by atoms with E-state index in [1.54, 1.807) is 22.9 Å². The number of nitrogens with zero attached hydrogens (tertiary/aromatic N) is 2. The van der Waals surface area contributed by atoms with Gasteiger partial charge in [-0.25, -0.2) is 8.42 Å². The number of hydrogen-bond donors (Lipinski definition) is 3. The van der Waals surface area contributed by atoms with Gasteiger partial charge in [0.1, 0.15) is 16.1 Å². The molecule has 10 nitrogen and oxygen atoms in total. The Morgan fingerprint density at radius 3 is 2.64 bits per heavy atom. The van der Waals surface area contributed by atoms with E-state index in [0.29, 0.717) is 22.4 Å². The maximum Gasteiger partial charge on any atom is 0.348 e. The Bertz CT molecular complexity index is 1580. The first kappa shape index (κ1) is 26.4. The van der Waals surface area contributed by atoms with Crippen LogP contribution in [0.15, 0.2) is 39.2 Å². The highest BCUT2D eigenvalue weighted by molar-refractivity contribution is 7.92. The monoisotopic (exact) mass is 552 g/mol. The van der Waals surface area contributed by atoms with Crippen molar-refractivity contribution in [1.29, 1.82) is 0 Å². The summed E-state index contributed by atoms with van der Waals surface area (Å²) in [5, 5.41) is 16.6. The van der Waals surface area contributed by atoms with E-state index in [2.05, 4.69) is 35.6 Å². The molecular weight excluding hydrogens is 523 g/mol. The molecule has 1 aliphatic heterocycles. The molecule has 4 rings (SSSR count). The molecule has 1 atom stereocenters. The lowest BCUT2D eigenvalue weighted by molar-refractivity contribution is 0.341. The van der Waals surface area contributed by atoms with Crippen molar-refractivity contribution in [3.05, 3.63) is 45.6 Å². The van der Waals surface area contributed by atoms with Gasteiger partial charge in [-0.1, -0.05) is 20.8 Å². The van der Waals surface area contributed by atoms with Crippen LogP contribution in [0.1, 0.15) is 39.7 Å². The average molecular weight is 553 g/mol. The van der Waals surface area contributed by atoms with Crippen molar-refractivity contribution in [2.24, 2.45) is 10.2 Å². The summed E-state index contributed by atoms with van der Waals surface area (Å²) >= 11 is 1.36. The third-order valence-electron chi connectivity index (χ3n) is 5.56. The number of benzene rings is 1. The molecule has 0 bridgehead atoms. The van der Waals surface area contributed by atoms with Gasteiger partial charge in [-0.15, -0.1) is 11.3 Å². The van der Waals surface area contributed by atoms with Gasteiger partial charge < -0.3 is 14.9 Å². The van der Waals surface area contributed by atoms with E-state index >= 15 is 0 Å². The quantitative estimate of drug-likeness (QED) is 0.371. The van der Waals surface area contributed by atoms with Crippen molar-refractivity contribution in [1.82, 2.24) is 4.57 Å². The highest BCUT2D eigenvalue weighted by atomic mass is 32.2. The van der Waals surface area contributed by atoms with Crippen molar-refractivity contribution in [3.63, 3.8) is 0 Å². The van der Waals surface area contributed by atoms with Gasteiger partial charge in [-0.05, 0) is 48.4 Å². The molecule has 0 spiro atoms. The molecule has 13 heteroatoms. The van der Waals surface area contributed by atoms with E-state index in [0.717, 1.165) is 12.7 Å². The summed E-state index contributed by atoms with van der Waals surface area (Å²) in [7, 11) is -7.49. The predicted octanol–water partition coefficient (Wildman–Crippen LogP) is 4.30. The fourth-order valence-electron chi connectivity index (χ4n) is 3.89. The van der Waals surface area contributed by atoms with Crippen LogP contribution in [-0.2, 0) is 25.7 Å². The van der Waals surface area contributed by atoms with Crippen LogP contribution in [0.25, 0.3) is 10.2 Å². The largest absolute Gasteiger partial charge is 0.506 e. The molecule has 1 aromatic carbocycles. The molecule has 2 aromatic heterocycles. The maximum atomic E-state index is 13.9. The van der Waals surface area contributed by atoms with Gasteiger partial charge >= 0.3 is 7.52 Å². The molecule has 0 aliphatic carbocycles. The zero-order valence-electron chi connectivity index (χ0n) is 20.7. The normalized spacial score (nSPS) is 18.0. The summed E-state index contributed by atoms with van der Waals surface area (Å²) in [6, 6.07) is 6.15. The molecule has 3 aromatic rings. The Morgan fingerprint density at radius 2 is 2.00 bits per heavy atom. The molecule has 0 fully saturated rings. The van der Waals surface area contributed by atoms with Gasteiger partial charge in [0, 0.05) is 12.2 Å². The summed E-state index contributed by atoms with van der Waals surface area (Å²) in [5.41, 5.74) is -0.0493. The summed E-state index contributed by atoms with van der Waals surface area (Å²) in [4.78, 5) is 14.3. The SMILES string of the molecule is CCOP1(=O)N=C(c2c(O)c3ccsc3n(CCC(C)(C)C)c2=O)Nc2ccc(NS(C)(=O)=O)cc21. The molecule has 0 amide bonds. The van der Waals surface area contributed by atoms with E-state index in [9.17, 15) is 22.9 Å². The second-order valence-corrected chi connectivity index (χ2v) is 14.4. The summed E-state index contributed by atoms with van der Waals surface area (Å²) in [6.07, 6.45) is 1.73. The number of nitrogens with one attached hydrogen (secondary N) is 2. The second-order valence-electron chi connectivity index (χ2n) is 9.75. The van der Waals surface area contributed by atoms with Gasteiger partial charge in [-0.2, -0.15) is 4.76 Å². The number of amidine groups is 1. The van der Waals surface area contributed by atoms with Crippen molar-refractivity contribution in [2.45, 2.75) is 40.7 Å². The molecule has 1 unspecified atom stereocenters. The number of aromatic nitrogens is 1. The van der Waals surface area contributed by atoms with Crippen LogP contribution in [0.2, 0.25) is 0 Å². The Balaban J connectivity index is 1.89. The number of thiophene rings is 1. The van der Waals surface area contributed by atoms with Crippen molar-refractivity contribution in [3.8, 4) is 5.75 Å². The third-order valence-corrected chi connectivity index (χ3v) is 9.15. The Labute approximate surface area is 213 Å². The number of anilines is 2. The predicted molar refractivity (Wildman–Crippen MR) is 146 cm³/mol. The fraction of sp³-hybridized carbons (Fsp3) is 0.391. The Kier molecular flexibility index (Phi) is 6.85. The van der Waals surface area contributed by atoms with E-state index < -0.39 is 23.1 Å². The molecule has 0 radical (unpaired) electrons. The van der Waals surface area contributed by atoms with E-state index in [1.807, 2.05) is 0 Å². The number of pyridine rings is 1. The van der Waals surface area contributed by atoms with Crippen molar-refractivity contribution >= 4 is 61.6 Å². The van der Waals surface area contributed by atoms with Gasteiger partial charge in [0.05, 0.1) is 29.2 Å². The van der Waals surface area contributed by atoms with Crippen molar-refractivity contribution < 1.29 is 22.6 Å². The summed E-state index contributed by atoms with van der Waals surface area (Å²) < 4.78 is 51.1. The van der Waals surface area contributed by atoms with Crippen LogP contribution in [0.5, 0.6) is 5.75 Å². The first-order valence-corrected chi connectivity index (χ1v) is 15.6. The van der Waals surface area contributed by atoms with Crippen LogP contribution in [-0.4, -0.2) is 36.8 Å². The Hall–Kier alpha value is -2.66. The van der Waals surface area contributed by atoms with E-state index in [1.165, 1.54) is 29.5 Å². The van der Waals surface area contributed by atoms with E-state index in [-0.39, 0.29) is 40.2 Å². The molecule has 194 valence electrons. The minimum absolute atomic E-state index is 0.0248. The fourth-order valence-corrected chi connectivity index (χ4v) is 7.18. The lowest BCUT2D eigenvalue weighted by Crippen LogP contribution is -2.34. The Morgan fingerprint density at radius 1 is 1.28 bits per heavy atom. The molecule has 1 aliphatic rings. The highest BCUT2D eigenvalue weighted by Gasteiger charge is 2.36. The lowest BCUT2D eigenvalue weighted by Gasteiger charge is -2.26. The van der Waals surface area contributed by atoms with Crippen LogP contribution in [0.4, 0.5) is 11.4 Å². The molecule has 36 heavy (non-hydrogen) atoms. The maximum absolute atomic E-state index is 13.9. The molecule has 0 saturated carbocycles. The minimum atomic E-state index is -3.93. The molecule has 0 saturated heterocycles. The van der Waals surface area contributed by atoms with Gasteiger partial charge in [0.2, 0.25) is 10.0 Å². The zero-order chi connectivity index (χ0) is 26.5. The van der Waals surface area contributed by atoms with Gasteiger partial charge in [0.15, 0.2) is 5.84 Å². The van der Waals surface area contributed by atoms with Crippen molar-refractivity contribution in [2.75, 3.05) is 22.9 Å². The van der Waals surface area contributed by atoms with E-state index in [4.69, 9.17) is 4.52 Å². The standard InChI is InChI=1S/C23H29N4O6PS2/c1-6-33-34(30)17-13-14(26-36(5,31)32)7-8-16(17)24-20(25-34)18-19(28)15-9-12-35-22(15)27(21(18)29)11-10-23(2,3)4/h7-9,12-13,26,28H,6,10-11H2,1-5H3,(H,24,25,30). The number of rotatable bonds is 7. The molecule has 3 heterocycles. The van der Waals surface area contributed by atoms with Crippen LogP contribution >= 0.6 is 18.9 Å². The highest BCUT2D eigenvalue weighted by Crippen LogP contribution is 2.52. The third kappa shape index (κ3) is 5.22. The first-order valence-electron chi connectivity index (χ1n) is 11.3. The number of aryl methyl sites for hydroxylation is 1. The second kappa shape index (κ2) is 9.33. The van der Waals surface area contributed by atoms with Crippen LogP contribution in [0, 0.1) is 5.41 Å². The van der Waals surface area contributed by atoms with Gasteiger partial charge in [0.25, 0.3) is 5.56 Å². The summed E-state index contributed by atoms with van der Waals surface area (Å²) in [6.45, 7) is 8.39. The lowest BCUT2D eigenvalue weighted by atomic mass is 9.92. The van der Waals surface area contributed by atoms with Crippen LogP contribution < -0.4 is 20.9 Å². The van der Waals surface area contributed by atoms with Crippen LogP contribution in [0.3, 0.4) is 0 Å². The number of sulfonamides is 1. The number of aromatic hydroxyl groups is 1. The van der Waals surface area contributed by atoms with Gasteiger partial charge in [-0.3, -0.25) is 18.6 Å². The number of fused-ring (bicyclic) bond motifs is 2. The molecular formula is C23H29N4O6PS2. The smallest absolute Gasteiger partial charge is 0.348 e. The summed E-state index contributed by atoms with van der Waals surface area (Å²) in [5.74, 6) is -0.320. The topological polar surface area (TPSA) is 139 Å². The molecule has 3 N–H and O–H groups in total. The zero-order valence-corrected chi connectivity index (χ0v) is 23.2. The average Bonchev–Trinajstić information content (AvgIpc) is 3.22. The minimum Gasteiger partial charge on any atom is -0.506 e.